The van der Waals surface area contributed by atoms with Crippen molar-refractivity contribution in [3.63, 3.8) is 0 Å². The number of anilines is 1. The van der Waals surface area contributed by atoms with Gasteiger partial charge in [0.1, 0.15) is 6.17 Å². The number of fused-ring (bicyclic) bond motifs is 5. The van der Waals surface area contributed by atoms with Gasteiger partial charge in [0.15, 0.2) is 0 Å². The number of carbonyl (C=O) groups is 2. The summed E-state index contributed by atoms with van der Waals surface area (Å²) in [6.45, 7) is 1.40. The fourth-order valence-electron chi connectivity index (χ4n) is 5.73. The fourth-order valence-corrected chi connectivity index (χ4v) is 8.09. The van der Waals surface area contributed by atoms with Crippen LogP contribution in [0.1, 0.15) is 27.1 Å². The van der Waals surface area contributed by atoms with Gasteiger partial charge in [0, 0.05) is 16.7 Å². The lowest BCUT2D eigenvalue weighted by atomic mass is 10.1. The first kappa shape index (κ1) is 22.2. The number of rotatable bonds is 3. The van der Waals surface area contributed by atoms with Crippen LogP contribution in [0.4, 0.5) is 5.69 Å². The highest BCUT2D eigenvalue weighted by Crippen LogP contribution is 2.48. The first-order valence-corrected chi connectivity index (χ1v) is 13.9. The van der Waals surface area contributed by atoms with Crippen molar-refractivity contribution in [3.05, 3.63) is 99.1 Å². The molecular formula is C27H24ClN5O2S. The number of para-hydroxylation sites is 1. The number of hydrogen-bond acceptors (Lipinski definition) is 6. The summed E-state index contributed by atoms with van der Waals surface area (Å²) in [5.41, 5.74) is 7.99. The maximum absolute atomic E-state index is 13.1. The van der Waals surface area contributed by atoms with Gasteiger partial charge >= 0.3 is 0 Å². The summed E-state index contributed by atoms with van der Waals surface area (Å²) in [5.74, 6) is -0.499. The van der Waals surface area contributed by atoms with Gasteiger partial charge in [0.05, 0.1) is 46.7 Å². The number of halogens is 1. The molecule has 9 heteroatoms. The molecule has 0 saturated carbocycles. The van der Waals surface area contributed by atoms with E-state index in [1.54, 1.807) is 24.3 Å². The average molecular weight is 518 g/mol. The van der Waals surface area contributed by atoms with Crippen LogP contribution >= 0.6 is 22.1 Å². The Morgan fingerprint density at radius 2 is 1.78 bits per heavy atom. The van der Waals surface area contributed by atoms with E-state index >= 15 is 0 Å². The van der Waals surface area contributed by atoms with Crippen LogP contribution in [0, 0.1) is 0 Å². The van der Waals surface area contributed by atoms with Crippen LogP contribution in [0.5, 0.6) is 0 Å². The van der Waals surface area contributed by atoms with Crippen LogP contribution in [0.25, 0.3) is 0 Å². The van der Waals surface area contributed by atoms with Crippen LogP contribution in [0.2, 0.25) is 5.02 Å². The maximum Gasteiger partial charge on any atom is 0.262 e. The standard InChI is InChI=1S/C27H24ClN5O2S/c1-36-23-12-6-9-17(23)20-13-30(22-11-5-4-10-21(22)28)14-24-31(27(20)36)15-29-33(24)16-32-25(34)18-7-2-3-8-19(18)26(32)35/h2-8,10-13,24,29H,9,14-16H2,1H3. The van der Waals surface area contributed by atoms with Crippen molar-refractivity contribution >= 4 is 44.6 Å². The topological polar surface area (TPSA) is 59.1 Å². The van der Waals surface area contributed by atoms with E-state index in [1.165, 1.54) is 25.9 Å². The van der Waals surface area contributed by atoms with E-state index in [9.17, 15) is 9.59 Å². The van der Waals surface area contributed by atoms with Gasteiger partial charge in [0.25, 0.3) is 11.8 Å². The van der Waals surface area contributed by atoms with Gasteiger partial charge in [-0.2, -0.15) is 0 Å². The van der Waals surface area contributed by atoms with Gasteiger partial charge in [-0.3, -0.25) is 14.5 Å². The molecule has 4 aliphatic heterocycles. The number of imide groups is 1. The molecule has 1 saturated heterocycles. The first-order chi connectivity index (χ1) is 17.5. The molecule has 0 radical (unpaired) electrons. The van der Waals surface area contributed by atoms with E-state index in [0.29, 0.717) is 29.4 Å². The van der Waals surface area contributed by atoms with E-state index in [0.717, 1.165) is 12.1 Å². The Labute approximate surface area is 216 Å². The molecular weight excluding hydrogens is 494 g/mol. The van der Waals surface area contributed by atoms with Crippen LogP contribution in [0.3, 0.4) is 0 Å². The van der Waals surface area contributed by atoms with E-state index < -0.39 is 0 Å². The zero-order valence-electron chi connectivity index (χ0n) is 19.6. The molecule has 1 fully saturated rings. The Bertz CT molecular complexity index is 1440. The third kappa shape index (κ3) is 3.16. The summed E-state index contributed by atoms with van der Waals surface area (Å²) < 4.78 is 0. The quantitative estimate of drug-likeness (QED) is 0.491. The molecule has 2 amide bonds. The highest BCUT2D eigenvalue weighted by molar-refractivity contribution is 8.19. The van der Waals surface area contributed by atoms with Crippen molar-refractivity contribution in [2.45, 2.75) is 12.6 Å². The number of carbonyl (C=O) groups excluding carboxylic acids is 2. The van der Waals surface area contributed by atoms with Gasteiger partial charge in [0.2, 0.25) is 0 Å². The predicted octanol–water partition coefficient (Wildman–Crippen LogP) is 3.96. The molecule has 1 N–H and O–H groups in total. The van der Waals surface area contributed by atoms with Crippen molar-refractivity contribution in [1.29, 1.82) is 0 Å². The predicted molar refractivity (Wildman–Crippen MR) is 143 cm³/mol. The minimum Gasteiger partial charge on any atom is -0.343 e. The molecule has 0 aromatic heterocycles. The Morgan fingerprint density at radius 1 is 1.06 bits per heavy atom. The van der Waals surface area contributed by atoms with Crippen LogP contribution in [0.15, 0.2) is 82.9 Å². The molecule has 2 aromatic carbocycles. The lowest BCUT2D eigenvalue weighted by molar-refractivity contribution is 0.0424. The SMILES string of the molecule is CS1=C2C(=CN(c3ccccc3Cl)CC3N(CN4C(=O)c5ccccc5C4=O)NCN23)C2=C1C=CC2. The minimum absolute atomic E-state index is 0.0652. The maximum atomic E-state index is 13.1. The highest BCUT2D eigenvalue weighted by Gasteiger charge is 2.45. The van der Waals surface area contributed by atoms with Gasteiger partial charge < -0.3 is 4.90 Å². The van der Waals surface area contributed by atoms with Gasteiger partial charge in [-0.05, 0) is 42.5 Å². The summed E-state index contributed by atoms with van der Waals surface area (Å²) in [6.07, 6.45) is 9.86. The number of allylic oxidation sites excluding steroid dienone is 2. The molecule has 182 valence electrons. The highest BCUT2D eigenvalue weighted by atomic mass is 35.5. The number of nitrogens with zero attached hydrogens (tertiary/aromatic N) is 4. The third-order valence-electron chi connectivity index (χ3n) is 7.47. The number of hydrogen-bond donors (Lipinski definition) is 1. The zero-order chi connectivity index (χ0) is 24.6. The molecule has 0 bridgehead atoms. The van der Waals surface area contributed by atoms with Crippen molar-refractivity contribution in [2.24, 2.45) is 0 Å². The Morgan fingerprint density at radius 3 is 2.53 bits per heavy atom. The molecule has 7 nitrogen and oxygen atoms in total. The molecule has 1 aliphatic carbocycles. The minimum atomic E-state index is -0.249. The molecule has 5 aliphatic rings. The molecule has 2 aromatic rings. The van der Waals surface area contributed by atoms with E-state index in [1.807, 2.05) is 29.3 Å². The van der Waals surface area contributed by atoms with Crippen molar-refractivity contribution in [3.8, 4) is 0 Å². The first-order valence-electron chi connectivity index (χ1n) is 11.9. The van der Waals surface area contributed by atoms with Gasteiger partial charge in [-0.15, -0.1) is 10.5 Å². The fraction of sp³-hybridized carbons (Fsp3) is 0.222. The van der Waals surface area contributed by atoms with E-state index in [4.69, 9.17) is 11.6 Å². The summed E-state index contributed by atoms with van der Waals surface area (Å²) >= 11 is 6.66. The Balaban J connectivity index is 1.27. The molecule has 7 rings (SSSR count). The summed E-state index contributed by atoms with van der Waals surface area (Å²) in [4.78, 5) is 34.9. The van der Waals surface area contributed by atoms with Crippen LogP contribution < -0.4 is 10.3 Å². The largest absolute Gasteiger partial charge is 0.343 e. The second-order valence-electron chi connectivity index (χ2n) is 9.37. The third-order valence-corrected chi connectivity index (χ3v) is 9.86. The normalized spacial score (nSPS) is 25.4. The monoisotopic (exact) mass is 517 g/mol. The van der Waals surface area contributed by atoms with E-state index in [-0.39, 0.29) is 35.1 Å². The molecule has 2 atom stereocenters. The molecule has 0 spiro atoms. The second-order valence-corrected chi connectivity index (χ2v) is 11.6. The number of hydrazine groups is 1. The van der Waals surface area contributed by atoms with Crippen molar-refractivity contribution in [1.82, 2.24) is 20.2 Å². The summed E-state index contributed by atoms with van der Waals surface area (Å²) in [7, 11) is -0.0652. The lowest BCUT2D eigenvalue weighted by Crippen LogP contribution is -2.52. The lowest BCUT2D eigenvalue weighted by Gasteiger charge is -2.33. The van der Waals surface area contributed by atoms with Gasteiger partial charge in [-0.1, -0.05) is 48.0 Å². The average Bonchev–Trinajstić information content (AvgIpc) is 3.60. The summed E-state index contributed by atoms with van der Waals surface area (Å²) in [5, 5.41) is 2.71. The van der Waals surface area contributed by atoms with Crippen LogP contribution in [-0.2, 0) is 0 Å². The number of amides is 2. The Hall–Kier alpha value is -3.01. The van der Waals surface area contributed by atoms with Gasteiger partial charge in [-0.25, -0.2) is 15.3 Å². The number of nitrogens with one attached hydrogen (secondary N) is 1. The molecule has 4 heterocycles. The Kier molecular flexibility index (Phi) is 5.09. The van der Waals surface area contributed by atoms with Crippen molar-refractivity contribution in [2.75, 3.05) is 31.0 Å². The molecule has 2 unspecified atom stereocenters. The smallest absolute Gasteiger partial charge is 0.262 e. The van der Waals surface area contributed by atoms with Crippen molar-refractivity contribution < 1.29 is 9.59 Å². The van der Waals surface area contributed by atoms with Crippen LogP contribution in [-0.4, -0.2) is 63.9 Å². The molecule has 36 heavy (non-hydrogen) atoms. The zero-order valence-corrected chi connectivity index (χ0v) is 21.2. The second kappa shape index (κ2) is 8.26. The van der Waals surface area contributed by atoms with E-state index in [2.05, 4.69) is 39.8 Å². The summed E-state index contributed by atoms with van der Waals surface area (Å²) in [6, 6.07) is 14.9. The number of benzene rings is 2.